The van der Waals surface area contributed by atoms with E-state index in [2.05, 4.69) is 43.4 Å². The summed E-state index contributed by atoms with van der Waals surface area (Å²) < 4.78 is 0. The number of aryl methyl sites for hydroxylation is 1. The highest BCUT2D eigenvalue weighted by Crippen LogP contribution is 2.30. The van der Waals surface area contributed by atoms with Crippen LogP contribution >= 0.6 is 11.3 Å². The first kappa shape index (κ1) is 12.1. The summed E-state index contributed by atoms with van der Waals surface area (Å²) in [5.74, 6) is 0.881. The van der Waals surface area contributed by atoms with Crippen molar-refractivity contribution in [2.24, 2.45) is 5.92 Å². The lowest BCUT2D eigenvalue weighted by Gasteiger charge is -2.28. The summed E-state index contributed by atoms with van der Waals surface area (Å²) in [6.07, 6.45) is 3.99. The third kappa shape index (κ3) is 2.64. The minimum absolute atomic E-state index is 0.0215. The van der Waals surface area contributed by atoms with Gasteiger partial charge >= 0.3 is 0 Å². The van der Waals surface area contributed by atoms with Gasteiger partial charge in [-0.3, -0.25) is 0 Å². The summed E-state index contributed by atoms with van der Waals surface area (Å²) in [4.78, 5) is 4.60. The molecule has 2 nitrogen and oxygen atoms in total. The molecule has 1 aliphatic carbocycles. The molecule has 2 atom stereocenters. The number of thiazole rings is 1. The van der Waals surface area contributed by atoms with E-state index in [1.165, 1.54) is 24.3 Å². The molecule has 1 N–H and O–H groups in total. The number of nitrogens with one attached hydrogen (secondary N) is 1. The van der Waals surface area contributed by atoms with Gasteiger partial charge in [0.25, 0.3) is 0 Å². The second kappa shape index (κ2) is 4.46. The van der Waals surface area contributed by atoms with E-state index in [1.54, 1.807) is 11.3 Å². The number of nitrogens with zero attached hydrogens (tertiary/aromatic N) is 1. The van der Waals surface area contributed by atoms with Gasteiger partial charge in [-0.15, -0.1) is 11.3 Å². The fraction of sp³-hybridized carbons (Fsp3) is 0.769. The van der Waals surface area contributed by atoms with E-state index in [1.807, 2.05) is 0 Å². The average molecular weight is 238 g/mol. The van der Waals surface area contributed by atoms with E-state index < -0.39 is 0 Å². The normalized spacial score (nSPS) is 26.2. The van der Waals surface area contributed by atoms with Crippen LogP contribution in [0.5, 0.6) is 0 Å². The largest absolute Gasteiger partial charge is 0.303 e. The Kier molecular flexibility index (Phi) is 3.36. The smallest absolute Gasteiger partial charge is 0.112 e. The molecule has 0 bridgehead atoms. The molecule has 1 aromatic heterocycles. The van der Waals surface area contributed by atoms with Crippen molar-refractivity contribution < 1.29 is 0 Å². The lowest BCUT2D eigenvalue weighted by Crippen LogP contribution is -2.42. The highest BCUT2D eigenvalue weighted by atomic mass is 32.1. The highest BCUT2D eigenvalue weighted by Gasteiger charge is 2.30. The average Bonchev–Trinajstić information content (AvgIpc) is 2.75. The van der Waals surface area contributed by atoms with Crippen LogP contribution in [0.25, 0.3) is 0 Å². The molecule has 1 aliphatic rings. The molecular formula is C13H22N2S. The van der Waals surface area contributed by atoms with Gasteiger partial charge in [-0.05, 0) is 46.0 Å². The van der Waals surface area contributed by atoms with Crippen LogP contribution in [0.1, 0.15) is 50.7 Å². The van der Waals surface area contributed by atoms with Gasteiger partial charge < -0.3 is 5.32 Å². The Balaban J connectivity index is 2.02. The molecule has 90 valence electrons. The Hall–Kier alpha value is -0.410. The van der Waals surface area contributed by atoms with Gasteiger partial charge in [-0.1, -0.05) is 6.92 Å². The molecule has 0 saturated heterocycles. The van der Waals surface area contributed by atoms with Crippen LogP contribution in [0, 0.1) is 12.8 Å². The maximum absolute atomic E-state index is 4.60. The van der Waals surface area contributed by atoms with Crippen molar-refractivity contribution in [1.82, 2.24) is 10.3 Å². The van der Waals surface area contributed by atoms with Crippen molar-refractivity contribution in [2.75, 3.05) is 0 Å². The first-order chi connectivity index (χ1) is 7.47. The molecule has 0 aliphatic heterocycles. The van der Waals surface area contributed by atoms with Gasteiger partial charge in [-0.25, -0.2) is 4.98 Å². The molecule has 2 rings (SSSR count). The third-order valence-electron chi connectivity index (χ3n) is 3.41. The summed E-state index contributed by atoms with van der Waals surface area (Å²) >= 11 is 1.77. The first-order valence-corrected chi connectivity index (χ1v) is 7.05. The first-order valence-electron chi connectivity index (χ1n) is 6.17. The fourth-order valence-electron chi connectivity index (χ4n) is 2.55. The van der Waals surface area contributed by atoms with Gasteiger partial charge in [0.15, 0.2) is 0 Å². The molecule has 0 spiro atoms. The van der Waals surface area contributed by atoms with Gasteiger partial charge in [-0.2, -0.15) is 0 Å². The van der Waals surface area contributed by atoms with E-state index in [0.29, 0.717) is 6.04 Å². The molecule has 1 heterocycles. The van der Waals surface area contributed by atoms with Crippen LogP contribution in [-0.4, -0.2) is 11.0 Å². The van der Waals surface area contributed by atoms with Crippen LogP contribution < -0.4 is 5.32 Å². The summed E-state index contributed by atoms with van der Waals surface area (Å²) in [6, 6.07) is 0.675. The Morgan fingerprint density at radius 1 is 1.44 bits per heavy atom. The zero-order valence-electron chi connectivity index (χ0n) is 10.7. The van der Waals surface area contributed by atoms with Crippen LogP contribution in [0.15, 0.2) is 5.38 Å². The number of hydrogen-bond donors (Lipinski definition) is 1. The minimum atomic E-state index is 0.0215. The molecule has 3 heteroatoms. The van der Waals surface area contributed by atoms with E-state index in [0.717, 1.165) is 11.6 Å². The van der Waals surface area contributed by atoms with E-state index in [4.69, 9.17) is 0 Å². The predicted molar refractivity (Wildman–Crippen MR) is 69.8 cm³/mol. The molecule has 1 aromatic rings. The predicted octanol–water partition coefficient (Wildman–Crippen LogP) is 3.46. The summed E-state index contributed by atoms with van der Waals surface area (Å²) in [6.45, 7) is 8.90. The third-order valence-corrected chi connectivity index (χ3v) is 4.70. The molecule has 0 aromatic carbocycles. The molecule has 16 heavy (non-hydrogen) atoms. The standard InChI is InChI=1S/C13H22N2S/c1-9-5-6-11(7-9)15-13(3,4)12-14-10(2)8-16-12/h8-9,11,15H,5-7H2,1-4H3. The fourth-order valence-corrected chi connectivity index (χ4v) is 3.44. The van der Waals surface area contributed by atoms with Crippen molar-refractivity contribution in [2.45, 2.75) is 58.5 Å². The zero-order chi connectivity index (χ0) is 11.8. The number of rotatable bonds is 3. The number of hydrogen-bond acceptors (Lipinski definition) is 3. The van der Waals surface area contributed by atoms with E-state index in [9.17, 15) is 0 Å². The van der Waals surface area contributed by atoms with Crippen molar-refractivity contribution in [3.63, 3.8) is 0 Å². The lowest BCUT2D eigenvalue weighted by molar-refractivity contribution is 0.336. The quantitative estimate of drug-likeness (QED) is 0.872. The monoisotopic (exact) mass is 238 g/mol. The van der Waals surface area contributed by atoms with Gasteiger partial charge in [0.2, 0.25) is 0 Å². The van der Waals surface area contributed by atoms with Gasteiger partial charge in [0, 0.05) is 17.1 Å². The van der Waals surface area contributed by atoms with E-state index >= 15 is 0 Å². The van der Waals surface area contributed by atoms with Gasteiger partial charge in [0.1, 0.15) is 5.01 Å². The highest BCUT2D eigenvalue weighted by molar-refractivity contribution is 7.09. The van der Waals surface area contributed by atoms with Crippen molar-refractivity contribution in [1.29, 1.82) is 0 Å². The molecule has 2 unspecified atom stereocenters. The Labute approximate surface area is 102 Å². The van der Waals surface area contributed by atoms with Crippen molar-refractivity contribution in [3.8, 4) is 0 Å². The van der Waals surface area contributed by atoms with Crippen molar-refractivity contribution >= 4 is 11.3 Å². The van der Waals surface area contributed by atoms with E-state index in [-0.39, 0.29) is 5.54 Å². The van der Waals surface area contributed by atoms with Gasteiger partial charge in [0.05, 0.1) is 5.54 Å². The van der Waals surface area contributed by atoms with Crippen molar-refractivity contribution in [3.05, 3.63) is 16.1 Å². The lowest BCUT2D eigenvalue weighted by atomic mass is 10.0. The Morgan fingerprint density at radius 2 is 2.19 bits per heavy atom. The molecule has 0 radical (unpaired) electrons. The second-order valence-electron chi connectivity index (χ2n) is 5.68. The van der Waals surface area contributed by atoms with Crippen LogP contribution in [0.2, 0.25) is 0 Å². The topological polar surface area (TPSA) is 24.9 Å². The minimum Gasteiger partial charge on any atom is -0.303 e. The summed E-state index contributed by atoms with van der Waals surface area (Å²) in [5.41, 5.74) is 1.16. The maximum atomic E-state index is 4.60. The summed E-state index contributed by atoms with van der Waals surface area (Å²) in [7, 11) is 0. The maximum Gasteiger partial charge on any atom is 0.112 e. The Morgan fingerprint density at radius 3 is 2.69 bits per heavy atom. The molecule has 1 saturated carbocycles. The SMILES string of the molecule is Cc1csc(C(C)(C)NC2CCC(C)C2)n1. The van der Waals surface area contributed by atoms with Crippen LogP contribution in [0.4, 0.5) is 0 Å². The van der Waals surface area contributed by atoms with Crippen LogP contribution in [-0.2, 0) is 5.54 Å². The molecule has 1 fully saturated rings. The zero-order valence-corrected chi connectivity index (χ0v) is 11.5. The number of aromatic nitrogens is 1. The molecule has 0 amide bonds. The van der Waals surface area contributed by atoms with Crippen LogP contribution in [0.3, 0.4) is 0 Å². The Bertz CT molecular complexity index is 357. The molecular weight excluding hydrogens is 216 g/mol. The second-order valence-corrected chi connectivity index (χ2v) is 6.54. The summed E-state index contributed by atoms with van der Waals surface area (Å²) in [5, 5.41) is 7.11.